The van der Waals surface area contributed by atoms with Gasteiger partial charge in [-0.05, 0) is 49.0 Å². The van der Waals surface area contributed by atoms with Crippen LogP contribution in [-0.4, -0.2) is 40.0 Å². The van der Waals surface area contributed by atoms with Gasteiger partial charge in [0.05, 0.1) is 4.87 Å². The van der Waals surface area contributed by atoms with Crippen LogP contribution in [0.5, 0.6) is 0 Å². The molecule has 0 spiro atoms. The highest BCUT2D eigenvalue weighted by Gasteiger charge is 2.54. The molecule has 3 aliphatic carbocycles. The second kappa shape index (κ2) is 5.01. The lowest BCUT2D eigenvalue weighted by atomic mass is 9.49. The van der Waals surface area contributed by atoms with Crippen molar-refractivity contribution in [2.24, 2.45) is 17.3 Å². The molecule has 0 aromatic rings. The predicted molar refractivity (Wildman–Crippen MR) is 89.8 cm³/mol. The van der Waals surface area contributed by atoms with Crippen LogP contribution >= 0.6 is 11.8 Å². The van der Waals surface area contributed by atoms with Gasteiger partial charge in [0.1, 0.15) is 12.6 Å². The second-order valence-electron chi connectivity index (χ2n) is 8.19. The van der Waals surface area contributed by atoms with Crippen LogP contribution in [-0.2, 0) is 14.3 Å². The summed E-state index contributed by atoms with van der Waals surface area (Å²) in [4.78, 5) is 26.2. The average Bonchev–Trinajstić information content (AvgIpc) is 3.01. The van der Waals surface area contributed by atoms with E-state index >= 15 is 0 Å². The van der Waals surface area contributed by atoms with Gasteiger partial charge in [-0.2, -0.15) is 0 Å². The minimum absolute atomic E-state index is 0.0966. The monoisotopic (exact) mass is 335 g/mol. The molecule has 2 saturated heterocycles. The highest BCUT2D eigenvalue weighted by Crippen LogP contribution is 2.59. The summed E-state index contributed by atoms with van der Waals surface area (Å²) >= 11 is 1.71. The van der Waals surface area contributed by atoms with E-state index in [1.54, 1.807) is 16.7 Å². The third kappa shape index (κ3) is 2.19. The van der Waals surface area contributed by atoms with E-state index in [0.717, 1.165) is 18.8 Å². The molecule has 0 radical (unpaired) electrons. The molecule has 2 aliphatic heterocycles. The fourth-order valence-electron chi connectivity index (χ4n) is 4.89. The Bertz CT molecular complexity index is 599. The minimum Gasteiger partial charge on any atom is -0.460 e. The Balaban J connectivity index is 1.40. The fraction of sp³-hybridized carbons (Fsp3) is 0.778. The molecule has 5 heteroatoms. The van der Waals surface area contributed by atoms with Crippen LogP contribution in [0.3, 0.4) is 0 Å². The van der Waals surface area contributed by atoms with Crippen molar-refractivity contribution in [3.63, 3.8) is 0 Å². The standard InChI is InChI=1S/C18H25NO3S/c1-17(2)12-5-4-11(13(17)8-12)9-22-16(21)14-10-23-18(3)7-6-15(20)19(14)18/h4,12-14H,5-10H2,1-3H3/t12-,13-,14+,18-/m0/s1. The average molecular weight is 335 g/mol. The van der Waals surface area contributed by atoms with Crippen molar-refractivity contribution in [2.45, 2.75) is 57.4 Å². The van der Waals surface area contributed by atoms with Crippen LogP contribution < -0.4 is 0 Å². The third-order valence-corrected chi connectivity index (χ3v) is 8.19. The van der Waals surface area contributed by atoms with Gasteiger partial charge in [-0.15, -0.1) is 11.8 Å². The summed E-state index contributed by atoms with van der Waals surface area (Å²) in [6, 6.07) is -0.397. The molecule has 126 valence electrons. The van der Waals surface area contributed by atoms with Gasteiger partial charge >= 0.3 is 5.97 Å². The first-order chi connectivity index (χ1) is 10.8. The van der Waals surface area contributed by atoms with E-state index < -0.39 is 6.04 Å². The summed E-state index contributed by atoms with van der Waals surface area (Å²) in [5.74, 6) is 1.89. The highest BCUT2D eigenvalue weighted by atomic mass is 32.2. The number of fused-ring (bicyclic) bond motifs is 2. The maximum atomic E-state index is 12.5. The predicted octanol–water partition coefficient (Wildman–Crippen LogP) is 2.98. The van der Waals surface area contributed by atoms with Crippen LogP contribution in [0.15, 0.2) is 11.6 Å². The molecule has 4 nitrogen and oxygen atoms in total. The van der Waals surface area contributed by atoms with Crippen molar-refractivity contribution < 1.29 is 14.3 Å². The molecule has 2 heterocycles. The van der Waals surface area contributed by atoms with Gasteiger partial charge < -0.3 is 9.64 Å². The van der Waals surface area contributed by atoms with E-state index in [9.17, 15) is 9.59 Å². The Morgan fingerprint density at radius 3 is 2.91 bits per heavy atom. The molecule has 2 bridgehead atoms. The minimum atomic E-state index is -0.397. The van der Waals surface area contributed by atoms with E-state index in [4.69, 9.17) is 4.74 Å². The maximum Gasteiger partial charge on any atom is 0.330 e. The molecular formula is C18H25NO3S. The number of hydrogen-bond acceptors (Lipinski definition) is 4. The number of carbonyl (C=O) groups is 2. The molecule has 0 aromatic heterocycles. The van der Waals surface area contributed by atoms with Crippen molar-refractivity contribution in [1.82, 2.24) is 4.90 Å². The number of allylic oxidation sites excluding steroid dienone is 1. The van der Waals surface area contributed by atoms with Crippen molar-refractivity contribution in [1.29, 1.82) is 0 Å². The smallest absolute Gasteiger partial charge is 0.330 e. The molecule has 1 amide bonds. The summed E-state index contributed by atoms with van der Waals surface area (Å²) in [6.07, 6.45) is 6.00. The summed E-state index contributed by atoms with van der Waals surface area (Å²) in [7, 11) is 0. The van der Waals surface area contributed by atoms with E-state index in [1.807, 2.05) is 0 Å². The molecule has 3 fully saturated rings. The molecule has 0 N–H and O–H groups in total. The number of carbonyl (C=O) groups excluding carboxylic acids is 2. The molecule has 1 saturated carbocycles. The molecule has 4 atom stereocenters. The lowest BCUT2D eigenvalue weighted by Gasteiger charge is -2.56. The quantitative estimate of drug-likeness (QED) is 0.588. The fourth-order valence-corrected chi connectivity index (χ4v) is 6.30. The van der Waals surface area contributed by atoms with Gasteiger partial charge in [0.15, 0.2) is 0 Å². The molecule has 5 rings (SSSR count). The summed E-state index contributed by atoms with van der Waals surface area (Å²) in [5, 5.41) is 0. The molecule has 5 aliphatic rings. The van der Waals surface area contributed by atoms with Gasteiger partial charge in [0.2, 0.25) is 5.91 Å². The first-order valence-electron chi connectivity index (χ1n) is 8.64. The maximum absolute atomic E-state index is 12.5. The molecular weight excluding hydrogens is 310 g/mol. The summed E-state index contributed by atoms with van der Waals surface area (Å²) in [5.41, 5.74) is 1.63. The number of rotatable bonds is 3. The Hall–Kier alpha value is -0.970. The Morgan fingerprint density at radius 2 is 2.22 bits per heavy atom. The van der Waals surface area contributed by atoms with E-state index in [0.29, 0.717) is 30.1 Å². The van der Waals surface area contributed by atoms with Gasteiger partial charge in [0, 0.05) is 12.2 Å². The van der Waals surface area contributed by atoms with Crippen LogP contribution in [0.25, 0.3) is 0 Å². The van der Waals surface area contributed by atoms with Crippen LogP contribution in [0.2, 0.25) is 0 Å². The zero-order valence-electron chi connectivity index (χ0n) is 14.1. The highest BCUT2D eigenvalue weighted by molar-refractivity contribution is 8.01. The molecule has 23 heavy (non-hydrogen) atoms. The van der Waals surface area contributed by atoms with E-state index in [2.05, 4.69) is 26.8 Å². The van der Waals surface area contributed by atoms with E-state index in [1.165, 1.54) is 12.0 Å². The SMILES string of the molecule is CC1(C)[C@H]2CC=C(COC(=O)[C@H]3CS[C@@]4(C)CCC(=O)N34)[C@@H]1C2. The number of amides is 1. The number of nitrogens with zero attached hydrogens (tertiary/aromatic N) is 1. The lowest BCUT2D eigenvalue weighted by molar-refractivity contribution is -0.153. The topological polar surface area (TPSA) is 46.6 Å². The van der Waals surface area contributed by atoms with Crippen molar-refractivity contribution in [3.8, 4) is 0 Å². The van der Waals surface area contributed by atoms with Crippen LogP contribution in [0, 0.1) is 17.3 Å². The second-order valence-corrected chi connectivity index (χ2v) is 9.70. The van der Waals surface area contributed by atoms with Crippen LogP contribution in [0.1, 0.15) is 46.5 Å². The zero-order chi connectivity index (χ0) is 16.4. The third-order valence-electron chi connectivity index (χ3n) is 6.68. The molecule has 0 aromatic carbocycles. The zero-order valence-corrected chi connectivity index (χ0v) is 14.9. The van der Waals surface area contributed by atoms with Gasteiger partial charge in [-0.1, -0.05) is 19.9 Å². The van der Waals surface area contributed by atoms with Crippen molar-refractivity contribution >= 4 is 23.6 Å². The molecule has 0 unspecified atom stereocenters. The number of thioether (sulfide) groups is 1. The number of esters is 1. The van der Waals surface area contributed by atoms with Crippen molar-refractivity contribution in [3.05, 3.63) is 11.6 Å². The first kappa shape index (κ1) is 15.6. The van der Waals surface area contributed by atoms with Gasteiger partial charge in [-0.25, -0.2) is 4.79 Å². The van der Waals surface area contributed by atoms with Crippen molar-refractivity contribution in [2.75, 3.05) is 12.4 Å². The normalized spacial score (nSPS) is 40.5. The Labute approximate surface area is 142 Å². The van der Waals surface area contributed by atoms with Gasteiger partial charge in [-0.3, -0.25) is 4.79 Å². The van der Waals surface area contributed by atoms with E-state index in [-0.39, 0.29) is 16.7 Å². The van der Waals surface area contributed by atoms with Crippen LogP contribution in [0.4, 0.5) is 0 Å². The largest absolute Gasteiger partial charge is 0.460 e. The summed E-state index contributed by atoms with van der Waals surface area (Å²) < 4.78 is 5.64. The Kier molecular flexibility index (Phi) is 3.39. The first-order valence-corrected chi connectivity index (χ1v) is 9.63. The van der Waals surface area contributed by atoms with Gasteiger partial charge in [0.25, 0.3) is 0 Å². The summed E-state index contributed by atoms with van der Waals surface area (Å²) in [6.45, 7) is 7.11. The Morgan fingerprint density at radius 1 is 1.43 bits per heavy atom. The number of ether oxygens (including phenoxy) is 1. The number of hydrogen-bond donors (Lipinski definition) is 0. The lowest BCUT2D eigenvalue weighted by Crippen LogP contribution is -2.49.